The Hall–Kier alpha value is -1.13. The first-order valence-electron chi connectivity index (χ1n) is 4.45. The molecular weight excluding hydrogens is 185 g/mol. The van der Waals surface area contributed by atoms with Crippen LogP contribution in [0.3, 0.4) is 0 Å². The van der Waals surface area contributed by atoms with Crippen molar-refractivity contribution < 1.29 is 14.6 Å². The monoisotopic (exact) mass is 199 g/mol. The Morgan fingerprint density at radius 3 is 2.79 bits per heavy atom. The van der Waals surface area contributed by atoms with E-state index in [9.17, 15) is 4.39 Å². The molecule has 0 amide bonds. The number of phenols is 1. The molecule has 1 atom stereocenters. The number of rotatable bonds is 4. The van der Waals surface area contributed by atoms with Crippen molar-refractivity contribution in [2.45, 2.75) is 19.5 Å². The van der Waals surface area contributed by atoms with E-state index in [1.54, 1.807) is 6.07 Å². The average molecular weight is 199 g/mol. The second-order valence-electron chi connectivity index (χ2n) is 3.25. The topological polar surface area (TPSA) is 52.5 Å². The van der Waals surface area contributed by atoms with Gasteiger partial charge < -0.3 is 15.5 Å². The van der Waals surface area contributed by atoms with Crippen LogP contribution in [-0.4, -0.2) is 22.9 Å². The van der Waals surface area contributed by atoms with E-state index in [0.29, 0.717) is 6.54 Å². The van der Waals surface area contributed by atoms with E-state index in [1.165, 1.54) is 12.1 Å². The Morgan fingerprint density at radius 2 is 2.21 bits per heavy atom. The van der Waals surface area contributed by atoms with Gasteiger partial charge in [0.2, 0.25) is 0 Å². The van der Waals surface area contributed by atoms with Crippen molar-refractivity contribution in [2.24, 2.45) is 0 Å². The molecule has 0 heterocycles. The third-order valence-electron chi connectivity index (χ3n) is 1.94. The maximum Gasteiger partial charge on any atom is 0.165 e. The lowest BCUT2D eigenvalue weighted by Gasteiger charge is -2.10. The molecule has 0 aliphatic rings. The lowest BCUT2D eigenvalue weighted by atomic mass is 10.2. The van der Waals surface area contributed by atoms with Crippen molar-refractivity contribution in [2.75, 3.05) is 6.61 Å². The highest BCUT2D eigenvalue weighted by Gasteiger charge is 2.03. The number of aliphatic hydroxyl groups excluding tert-OH is 1. The van der Waals surface area contributed by atoms with Gasteiger partial charge in [-0.1, -0.05) is 6.07 Å². The summed E-state index contributed by atoms with van der Waals surface area (Å²) in [7, 11) is 0. The van der Waals surface area contributed by atoms with Crippen molar-refractivity contribution in [1.29, 1.82) is 0 Å². The molecule has 0 radical (unpaired) electrons. The Kier molecular flexibility index (Phi) is 3.85. The molecule has 3 N–H and O–H groups in total. The number of hydrogen-bond donors (Lipinski definition) is 3. The van der Waals surface area contributed by atoms with E-state index in [2.05, 4.69) is 5.32 Å². The molecule has 0 spiro atoms. The van der Waals surface area contributed by atoms with Crippen LogP contribution in [0.25, 0.3) is 0 Å². The molecule has 0 aliphatic carbocycles. The minimum Gasteiger partial charge on any atom is -0.505 e. The van der Waals surface area contributed by atoms with Gasteiger partial charge >= 0.3 is 0 Å². The van der Waals surface area contributed by atoms with E-state index < -0.39 is 5.82 Å². The molecule has 1 unspecified atom stereocenters. The molecule has 1 rings (SSSR count). The van der Waals surface area contributed by atoms with Gasteiger partial charge in [0, 0.05) is 12.6 Å². The van der Waals surface area contributed by atoms with Crippen LogP contribution >= 0.6 is 0 Å². The summed E-state index contributed by atoms with van der Waals surface area (Å²) in [6.45, 7) is 2.34. The summed E-state index contributed by atoms with van der Waals surface area (Å²) < 4.78 is 12.9. The van der Waals surface area contributed by atoms with Crippen LogP contribution in [-0.2, 0) is 6.54 Å². The van der Waals surface area contributed by atoms with Crippen LogP contribution in [0, 0.1) is 5.82 Å². The van der Waals surface area contributed by atoms with E-state index in [4.69, 9.17) is 10.2 Å². The fourth-order valence-electron chi connectivity index (χ4n) is 1.02. The summed E-state index contributed by atoms with van der Waals surface area (Å²) >= 11 is 0. The van der Waals surface area contributed by atoms with Crippen LogP contribution in [0.1, 0.15) is 12.5 Å². The summed E-state index contributed by atoms with van der Waals surface area (Å²) in [6.07, 6.45) is 0. The Morgan fingerprint density at radius 1 is 1.50 bits per heavy atom. The first-order chi connectivity index (χ1) is 6.63. The molecule has 0 saturated heterocycles. The van der Waals surface area contributed by atoms with E-state index >= 15 is 0 Å². The highest BCUT2D eigenvalue weighted by Crippen LogP contribution is 2.15. The lowest BCUT2D eigenvalue weighted by Crippen LogP contribution is -2.28. The maximum atomic E-state index is 12.9. The standard InChI is InChI=1S/C10H14FNO2/c1-7(6-13)12-5-8-2-3-10(14)9(11)4-8/h2-4,7,12-14H,5-6H2,1H3. The molecular formula is C10H14FNO2. The van der Waals surface area contributed by atoms with Gasteiger partial charge in [-0.05, 0) is 24.6 Å². The number of nitrogens with one attached hydrogen (secondary N) is 1. The average Bonchev–Trinajstić information content (AvgIpc) is 2.19. The van der Waals surface area contributed by atoms with Crippen LogP contribution in [0.5, 0.6) is 5.75 Å². The summed E-state index contributed by atoms with van der Waals surface area (Å²) in [5.74, 6) is -0.968. The van der Waals surface area contributed by atoms with Gasteiger partial charge in [0.05, 0.1) is 6.61 Å². The smallest absolute Gasteiger partial charge is 0.165 e. The zero-order valence-electron chi connectivity index (χ0n) is 8.00. The van der Waals surface area contributed by atoms with Crippen LogP contribution in [0.4, 0.5) is 4.39 Å². The third-order valence-corrected chi connectivity index (χ3v) is 1.94. The van der Waals surface area contributed by atoms with Gasteiger partial charge in [-0.25, -0.2) is 4.39 Å². The number of aromatic hydroxyl groups is 1. The summed E-state index contributed by atoms with van der Waals surface area (Å²) in [4.78, 5) is 0. The Labute approximate surface area is 82.2 Å². The molecule has 3 nitrogen and oxygen atoms in total. The van der Waals surface area contributed by atoms with E-state index in [0.717, 1.165) is 5.56 Å². The quantitative estimate of drug-likeness (QED) is 0.678. The number of hydrogen-bond acceptors (Lipinski definition) is 3. The van der Waals surface area contributed by atoms with Gasteiger partial charge in [-0.3, -0.25) is 0 Å². The highest BCUT2D eigenvalue weighted by atomic mass is 19.1. The Bertz CT molecular complexity index is 304. The molecule has 0 aliphatic heterocycles. The largest absolute Gasteiger partial charge is 0.505 e. The van der Waals surface area contributed by atoms with Crippen LogP contribution < -0.4 is 5.32 Å². The number of benzene rings is 1. The second kappa shape index (κ2) is 4.93. The molecule has 14 heavy (non-hydrogen) atoms. The molecule has 1 aromatic rings. The zero-order valence-corrected chi connectivity index (χ0v) is 8.00. The van der Waals surface area contributed by atoms with Gasteiger partial charge in [0.25, 0.3) is 0 Å². The molecule has 0 saturated carbocycles. The van der Waals surface area contributed by atoms with Crippen molar-refractivity contribution in [3.8, 4) is 5.75 Å². The van der Waals surface area contributed by atoms with Gasteiger partial charge in [0.15, 0.2) is 11.6 Å². The fourth-order valence-corrected chi connectivity index (χ4v) is 1.02. The predicted octanol–water partition coefficient (Wildman–Crippen LogP) is 1.00. The third kappa shape index (κ3) is 2.97. The van der Waals surface area contributed by atoms with Crippen molar-refractivity contribution in [3.63, 3.8) is 0 Å². The molecule has 0 aromatic heterocycles. The SMILES string of the molecule is CC(CO)NCc1ccc(O)c(F)c1. The Balaban J connectivity index is 2.55. The first kappa shape index (κ1) is 10.9. The summed E-state index contributed by atoms with van der Waals surface area (Å²) in [5, 5.41) is 20.7. The number of aliphatic hydroxyl groups is 1. The zero-order chi connectivity index (χ0) is 10.6. The van der Waals surface area contributed by atoms with Crippen molar-refractivity contribution in [1.82, 2.24) is 5.32 Å². The second-order valence-corrected chi connectivity index (χ2v) is 3.25. The van der Waals surface area contributed by atoms with Gasteiger partial charge in [-0.2, -0.15) is 0 Å². The lowest BCUT2D eigenvalue weighted by molar-refractivity contribution is 0.251. The minimum atomic E-state index is -0.624. The van der Waals surface area contributed by atoms with E-state index in [1.807, 2.05) is 6.92 Å². The van der Waals surface area contributed by atoms with Gasteiger partial charge in [0.1, 0.15) is 0 Å². The highest BCUT2D eigenvalue weighted by molar-refractivity contribution is 5.27. The molecule has 0 bridgehead atoms. The number of phenolic OH excluding ortho intramolecular Hbond substituents is 1. The van der Waals surface area contributed by atoms with Crippen molar-refractivity contribution in [3.05, 3.63) is 29.6 Å². The van der Waals surface area contributed by atoms with Crippen LogP contribution in [0.15, 0.2) is 18.2 Å². The molecule has 4 heteroatoms. The molecule has 1 aromatic carbocycles. The summed E-state index contributed by atoms with van der Waals surface area (Å²) in [5.41, 5.74) is 0.737. The fraction of sp³-hybridized carbons (Fsp3) is 0.400. The number of halogens is 1. The maximum absolute atomic E-state index is 12.9. The van der Waals surface area contributed by atoms with Crippen LogP contribution in [0.2, 0.25) is 0 Å². The first-order valence-corrected chi connectivity index (χ1v) is 4.45. The van der Waals surface area contributed by atoms with Crippen molar-refractivity contribution >= 4 is 0 Å². The van der Waals surface area contributed by atoms with E-state index in [-0.39, 0.29) is 18.4 Å². The summed E-state index contributed by atoms with van der Waals surface area (Å²) in [6, 6.07) is 4.20. The normalized spacial score (nSPS) is 12.8. The molecule has 0 fully saturated rings. The minimum absolute atomic E-state index is 0.0214. The predicted molar refractivity (Wildman–Crippen MR) is 51.5 cm³/mol. The molecule has 78 valence electrons. The van der Waals surface area contributed by atoms with Gasteiger partial charge in [-0.15, -0.1) is 0 Å².